The highest BCUT2D eigenvalue weighted by Crippen LogP contribution is 2.37. The van der Waals surface area contributed by atoms with Crippen LogP contribution < -0.4 is 0 Å². The predicted molar refractivity (Wildman–Crippen MR) is 90.6 cm³/mol. The van der Waals surface area contributed by atoms with Gasteiger partial charge in [0.25, 0.3) is 0 Å². The Morgan fingerprint density at radius 2 is 2.26 bits per heavy atom. The molecule has 0 N–H and O–H groups in total. The molecule has 2 saturated heterocycles. The maximum absolute atomic E-state index is 11.6. The highest BCUT2D eigenvalue weighted by atomic mass is 32.1. The van der Waals surface area contributed by atoms with Gasteiger partial charge in [-0.25, -0.2) is 0 Å². The molecule has 1 aromatic heterocycles. The Bertz CT molecular complexity index is 510. The number of hydrogen-bond donors (Lipinski definition) is 0. The largest absolute Gasteiger partial charge is 0.372 e. The number of rotatable bonds is 5. The van der Waals surface area contributed by atoms with Crippen molar-refractivity contribution >= 4 is 17.2 Å². The molecule has 1 aromatic rings. The summed E-state index contributed by atoms with van der Waals surface area (Å²) < 4.78 is 11.8. The predicted octanol–water partition coefficient (Wildman–Crippen LogP) is 1.98. The molecule has 1 spiro atoms. The first-order valence-electron chi connectivity index (χ1n) is 8.27. The van der Waals surface area contributed by atoms with Gasteiger partial charge >= 0.3 is 0 Å². The van der Waals surface area contributed by atoms with Crippen LogP contribution in [0.15, 0.2) is 17.5 Å². The minimum Gasteiger partial charge on any atom is -0.372 e. The van der Waals surface area contributed by atoms with Crippen molar-refractivity contribution in [1.82, 2.24) is 9.80 Å². The van der Waals surface area contributed by atoms with E-state index in [1.807, 2.05) is 11.3 Å². The summed E-state index contributed by atoms with van der Waals surface area (Å²) in [5.74, 6) is 0.0108. The molecule has 2 fully saturated rings. The first-order valence-corrected chi connectivity index (χ1v) is 9.15. The quantitative estimate of drug-likeness (QED) is 0.823. The van der Waals surface area contributed by atoms with Crippen LogP contribution in [0.25, 0.3) is 0 Å². The number of likely N-dealkylation sites (tertiary alicyclic amines) is 1. The Morgan fingerprint density at radius 1 is 1.48 bits per heavy atom. The summed E-state index contributed by atoms with van der Waals surface area (Å²) in [6.07, 6.45) is 3.09. The topological polar surface area (TPSA) is 42.0 Å². The molecule has 3 heterocycles. The molecule has 2 aliphatic rings. The van der Waals surface area contributed by atoms with Crippen molar-refractivity contribution in [2.75, 3.05) is 40.4 Å². The number of carbonyl (C=O) groups excluding carboxylic acids is 1. The first kappa shape index (κ1) is 16.9. The van der Waals surface area contributed by atoms with Crippen molar-refractivity contribution in [3.63, 3.8) is 0 Å². The smallest absolute Gasteiger partial charge is 0.248 e. The van der Waals surface area contributed by atoms with Gasteiger partial charge in [-0.3, -0.25) is 9.69 Å². The number of nitrogens with zero attached hydrogens (tertiary/aromatic N) is 2. The summed E-state index contributed by atoms with van der Waals surface area (Å²) in [6, 6.07) is 4.31. The minimum atomic E-state index is -0.0300. The van der Waals surface area contributed by atoms with E-state index in [0.29, 0.717) is 6.61 Å². The van der Waals surface area contributed by atoms with Crippen molar-refractivity contribution in [2.24, 2.45) is 0 Å². The molecular formula is C17H26N2O3S. The number of amides is 1. The molecule has 5 nitrogen and oxygen atoms in total. The molecule has 0 unspecified atom stereocenters. The van der Waals surface area contributed by atoms with Gasteiger partial charge < -0.3 is 14.4 Å². The Kier molecular flexibility index (Phi) is 5.36. The van der Waals surface area contributed by atoms with Crippen molar-refractivity contribution in [2.45, 2.75) is 37.5 Å². The molecule has 23 heavy (non-hydrogen) atoms. The standard InChI is InChI=1S/C17H26N2O3S/c1-18(2)16(20)13-21-14-10-17(22-12-14)5-7-19(8-6-17)11-15-4-3-9-23-15/h3-4,9,14H,5-8,10-13H2,1-2H3/t14-/m0/s1. The van der Waals surface area contributed by atoms with Crippen LogP contribution in [0.4, 0.5) is 0 Å². The third kappa shape index (κ3) is 4.32. The second kappa shape index (κ2) is 7.30. The van der Waals surface area contributed by atoms with E-state index >= 15 is 0 Å². The first-order chi connectivity index (χ1) is 11.1. The zero-order valence-corrected chi connectivity index (χ0v) is 14.8. The Balaban J connectivity index is 1.43. The normalized spacial score (nSPS) is 24.2. The summed E-state index contributed by atoms with van der Waals surface area (Å²) >= 11 is 1.82. The molecule has 0 saturated carbocycles. The lowest BCUT2D eigenvalue weighted by Crippen LogP contribution is -2.43. The number of carbonyl (C=O) groups is 1. The third-order valence-electron chi connectivity index (χ3n) is 4.84. The van der Waals surface area contributed by atoms with Gasteiger partial charge in [0.2, 0.25) is 5.91 Å². The monoisotopic (exact) mass is 338 g/mol. The number of likely N-dealkylation sites (N-methyl/N-ethyl adjacent to an activating group) is 1. The summed E-state index contributed by atoms with van der Waals surface area (Å²) in [5, 5.41) is 2.14. The SMILES string of the molecule is CN(C)C(=O)CO[C@@H]1COC2(CCN(Cc3cccs3)CC2)C1. The molecule has 0 aliphatic carbocycles. The third-order valence-corrected chi connectivity index (χ3v) is 5.70. The van der Waals surface area contributed by atoms with E-state index < -0.39 is 0 Å². The van der Waals surface area contributed by atoms with E-state index in [4.69, 9.17) is 9.47 Å². The van der Waals surface area contributed by atoms with Gasteiger partial charge in [0, 0.05) is 45.0 Å². The molecule has 3 rings (SSSR count). The molecule has 0 bridgehead atoms. The van der Waals surface area contributed by atoms with Crippen LogP contribution >= 0.6 is 11.3 Å². The molecule has 1 amide bonds. The second-order valence-electron chi connectivity index (χ2n) is 6.77. The van der Waals surface area contributed by atoms with Gasteiger partial charge in [0.1, 0.15) is 6.61 Å². The fourth-order valence-electron chi connectivity index (χ4n) is 3.32. The summed E-state index contributed by atoms with van der Waals surface area (Å²) in [7, 11) is 3.50. The van der Waals surface area contributed by atoms with E-state index in [2.05, 4.69) is 22.4 Å². The lowest BCUT2D eigenvalue weighted by Gasteiger charge is -2.38. The van der Waals surface area contributed by atoms with Crippen LogP contribution in [0, 0.1) is 0 Å². The Morgan fingerprint density at radius 3 is 2.91 bits per heavy atom. The second-order valence-corrected chi connectivity index (χ2v) is 7.81. The lowest BCUT2D eigenvalue weighted by molar-refractivity contribution is -0.135. The van der Waals surface area contributed by atoms with Crippen molar-refractivity contribution in [3.8, 4) is 0 Å². The average molecular weight is 338 g/mol. The van der Waals surface area contributed by atoms with E-state index in [-0.39, 0.29) is 24.2 Å². The van der Waals surface area contributed by atoms with Crippen molar-refractivity contribution < 1.29 is 14.3 Å². The zero-order valence-electron chi connectivity index (χ0n) is 14.0. The van der Waals surface area contributed by atoms with Crippen LogP contribution in [0.3, 0.4) is 0 Å². The zero-order chi connectivity index (χ0) is 16.3. The molecule has 128 valence electrons. The summed E-state index contributed by atoms with van der Waals surface area (Å²) in [6.45, 7) is 3.96. The average Bonchev–Trinajstić information content (AvgIpc) is 3.18. The molecule has 1 atom stereocenters. The number of ether oxygens (including phenoxy) is 2. The Hall–Kier alpha value is -0.950. The molecular weight excluding hydrogens is 312 g/mol. The number of thiophene rings is 1. The highest BCUT2D eigenvalue weighted by molar-refractivity contribution is 7.09. The van der Waals surface area contributed by atoms with E-state index in [1.165, 1.54) is 4.88 Å². The van der Waals surface area contributed by atoms with Crippen molar-refractivity contribution in [3.05, 3.63) is 22.4 Å². The lowest BCUT2D eigenvalue weighted by atomic mass is 9.88. The van der Waals surface area contributed by atoms with Gasteiger partial charge in [0.05, 0.1) is 18.3 Å². The van der Waals surface area contributed by atoms with Gasteiger partial charge in [0.15, 0.2) is 0 Å². The molecule has 0 aromatic carbocycles. The maximum Gasteiger partial charge on any atom is 0.248 e. The van der Waals surface area contributed by atoms with Gasteiger partial charge in [-0.1, -0.05) is 6.07 Å². The highest BCUT2D eigenvalue weighted by Gasteiger charge is 2.43. The fraction of sp³-hybridized carbons (Fsp3) is 0.706. The van der Waals surface area contributed by atoms with E-state index in [9.17, 15) is 4.79 Å². The van der Waals surface area contributed by atoms with E-state index in [0.717, 1.165) is 38.9 Å². The van der Waals surface area contributed by atoms with Crippen LogP contribution in [-0.4, -0.2) is 67.8 Å². The van der Waals surface area contributed by atoms with Gasteiger partial charge in [-0.05, 0) is 24.3 Å². The fourth-order valence-corrected chi connectivity index (χ4v) is 4.06. The van der Waals surface area contributed by atoms with Crippen LogP contribution in [0.1, 0.15) is 24.1 Å². The number of hydrogen-bond acceptors (Lipinski definition) is 5. The summed E-state index contributed by atoms with van der Waals surface area (Å²) in [4.78, 5) is 17.1. The van der Waals surface area contributed by atoms with Gasteiger partial charge in [-0.15, -0.1) is 11.3 Å². The van der Waals surface area contributed by atoms with Crippen LogP contribution in [0.2, 0.25) is 0 Å². The van der Waals surface area contributed by atoms with Crippen LogP contribution in [-0.2, 0) is 20.8 Å². The maximum atomic E-state index is 11.6. The molecule has 2 aliphatic heterocycles. The van der Waals surface area contributed by atoms with Crippen molar-refractivity contribution in [1.29, 1.82) is 0 Å². The number of piperidine rings is 1. The summed E-state index contributed by atoms with van der Waals surface area (Å²) in [5.41, 5.74) is -0.0300. The minimum absolute atomic E-state index is 0.0108. The van der Waals surface area contributed by atoms with Crippen LogP contribution in [0.5, 0.6) is 0 Å². The molecule has 0 radical (unpaired) electrons. The molecule has 6 heteroatoms. The van der Waals surface area contributed by atoms with E-state index in [1.54, 1.807) is 19.0 Å². The Labute approximate surface area is 142 Å². The van der Waals surface area contributed by atoms with Gasteiger partial charge in [-0.2, -0.15) is 0 Å².